The van der Waals surface area contributed by atoms with Gasteiger partial charge in [0.25, 0.3) is 15.0 Å². The molecule has 0 radical (unpaired) electrons. The van der Waals surface area contributed by atoms with Gasteiger partial charge in [-0.15, -0.1) is 11.3 Å². The van der Waals surface area contributed by atoms with Crippen LogP contribution in [0.4, 0.5) is 0 Å². The molecular weight excluding hydrogens is 310 g/mol. The average molecular weight is 324 g/mol. The summed E-state index contributed by atoms with van der Waals surface area (Å²) in [6.45, 7) is 4.10. The molecule has 1 aromatic heterocycles. The number of hydrogen-bond acceptors (Lipinski definition) is 5. The lowest BCUT2D eigenvalue weighted by Crippen LogP contribution is -2.39. The lowest BCUT2D eigenvalue weighted by Gasteiger charge is -2.15. The predicted molar refractivity (Wildman–Crippen MR) is 73.4 cm³/mol. The van der Waals surface area contributed by atoms with E-state index in [1.807, 2.05) is 6.92 Å². The zero-order valence-electron chi connectivity index (χ0n) is 10.5. The fourth-order valence-corrected chi connectivity index (χ4v) is 4.58. The van der Waals surface area contributed by atoms with Gasteiger partial charge in [-0.2, -0.15) is 0 Å². The molecular formula is C11H14ClNO4S2. The van der Waals surface area contributed by atoms with Crippen LogP contribution >= 0.6 is 22.0 Å². The predicted octanol–water partition coefficient (Wildman–Crippen LogP) is 1.89. The lowest BCUT2D eigenvalue weighted by molar-refractivity contribution is 0.0866. The second kappa shape index (κ2) is 5.40. The highest BCUT2D eigenvalue weighted by molar-refractivity contribution is 8.15. The smallest absolute Gasteiger partial charge is 0.271 e. The number of amides is 1. The Labute approximate surface area is 120 Å². The topological polar surface area (TPSA) is 72.5 Å². The van der Waals surface area contributed by atoms with Crippen LogP contribution in [0.1, 0.15) is 29.3 Å². The Balaban J connectivity index is 2.19. The van der Waals surface area contributed by atoms with E-state index in [-0.39, 0.29) is 22.3 Å². The Morgan fingerprint density at radius 2 is 2.26 bits per heavy atom. The zero-order chi connectivity index (χ0) is 14.2. The lowest BCUT2D eigenvalue weighted by atomic mass is 10.1. The number of rotatable bonds is 3. The third-order valence-electron chi connectivity index (χ3n) is 3.15. The van der Waals surface area contributed by atoms with Gasteiger partial charge < -0.3 is 10.1 Å². The van der Waals surface area contributed by atoms with E-state index < -0.39 is 9.05 Å². The number of carbonyl (C=O) groups is 1. The van der Waals surface area contributed by atoms with E-state index in [0.717, 1.165) is 17.8 Å². The minimum absolute atomic E-state index is 0.0232. The van der Waals surface area contributed by atoms with Crippen LogP contribution in [-0.2, 0) is 13.8 Å². The number of carbonyl (C=O) groups excluding carboxylic acids is 1. The first-order valence-corrected chi connectivity index (χ1v) is 8.95. The van der Waals surface area contributed by atoms with Crippen molar-refractivity contribution in [2.45, 2.75) is 36.6 Å². The highest BCUT2D eigenvalue weighted by Gasteiger charge is 2.28. The normalized spacial score (nSPS) is 23.5. The molecule has 19 heavy (non-hydrogen) atoms. The summed E-state index contributed by atoms with van der Waals surface area (Å²) in [5.74, 6) is -0.289. The van der Waals surface area contributed by atoms with Crippen molar-refractivity contribution in [1.82, 2.24) is 5.32 Å². The number of ether oxygens (including phenoxy) is 1. The highest BCUT2D eigenvalue weighted by Crippen LogP contribution is 2.29. The molecule has 1 aliphatic rings. The van der Waals surface area contributed by atoms with Crippen molar-refractivity contribution >= 4 is 37.0 Å². The molecule has 1 fully saturated rings. The molecule has 1 aromatic rings. The molecule has 0 aromatic carbocycles. The summed E-state index contributed by atoms with van der Waals surface area (Å²) in [7, 11) is 1.51. The first-order valence-electron chi connectivity index (χ1n) is 5.76. The molecule has 5 nitrogen and oxygen atoms in total. The van der Waals surface area contributed by atoms with Crippen molar-refractivity contribution in [1.29, 1.82) is 0 Å². The van der Waals surface area contributed by atoms with Crippen molar-refractivity contribution in [3.63, 3.8) is 0 Å². The minimum atomic E-state index is -3.80. The largest absolute Gasteiger partial charge is 0.376 e. The molecule has 0 saturated carbocycles. The summed E-state index contributed by atoms with van der Waals surface area (Å²) >= 11 is 0.958. The first-order chi connectivity index (χ1) is 8.80. The molecule has 1 saturated heterocycles. The summed E-state index contributed by atoms with van der Waals surface area (Å²) in [6, 6.07) is -0.0390. The summed E-state index contributed by atoms with van der Waals surface area (Å²) in [5, 5.41) is 4.37. The van der Waals surface area contributed by atoms with Gasteiger partial charge in [0.15, 0.2) is 0 Å². The van der Waals surface area contributed by atoms with Crippen molar-refractivity contribution in [2.24, 2.45) is 0 Å². The van der Waals surface area contributed by atoms with Crippen LogP contribution in [0.2, 0.25) is 0 Å². The maximum absolute atomic E-state index is 12.1. The molecule has 1 aliphatic heterocycles. The van der Waals surface area contributed by atoms with Gasteiger partial charge in [0, 0.05) is 22.7 Å². The molecule has 106 valence electrons. The Morgan fingerprint density at radius 3 is 2.74 bits per heavy atom. The van der Waals surface area contributed by atoms with E-state index in [2.05, 4.69) is 5.32 Å². The van der Waals surface area contributed by atoms with E-state index in [4.69, 9.17) is 15.4 Å². The summed E-state index contributed by atoms with van der Waals surface area (Å²) < 4.78 is 28.0. The van der Waals surface area contributed by atoms with Gasteiger partial charge in [-0.1, -0.05) is 0 Å². The van der Waals surface area contributed by atoms with E-state index in [9.17, 15) is 13.2 Å². The molecule has 1 N–H and O–H groups in total. The molecule has 2 atom stereocenters. The van der Waals surface area contributed by atoms with Gasteiger partial charge in [-0.25, -0.2) is 8.42 Å². The van der Waals surface area contributed by atoms with Crippen molar-refractivity contribution < 1.29 is 17.9 Å². The zero-order valence-corrected chi connectivity index (χ0v) is 12.9. The Hall–Kier alpha value is -0.630. The second-order valence-corrected chi connectivity index (χ2v) is 8.09. The molecule has 2 unspecified atom stereocenters. The first kappa shape index (κ1) is 14.8. The third kappa shape index (κ3) is 3.10. The van der Waals surface area contributed by atoms with Crippen LogP contribution in [0.25, 0.3) is 0 Å². The molecule has 0 spiro atoms. The van der Waals surface area contributed by atoms with Gasteiger partial charge >= 0.3 is 0 Å². The van der Waals surface area contributed by atoms with E-state index in [0.29, 0.717) is 17.7 Å². The Bertz CT molecular complexity index is 596. The summed E-state index contributed by atoms with van der Waals surface area (Å²) in [4.78, 5) is 12.1. The van der Waals surface area contributed by atoms with Crippen LogP contribution in [0, 0.1) is 6.92 Å². The summed E-state index contributed by atoms with van der Waals surface area (Å²) in [5.41, 5.74) is 0.743. The molecule has 2 rings (SSSR count). The molecule has 1 amide bonds. The Morgan fingerprint density at radius 1 is 1.58 bits per heavy atom. The second-order valence-electron chi connectivity index (χ2n) is 4.44. The maximum Gasteiger partial charge on any atom is 0.271 e. The summed E-state index contributed by atoms with van der Waals surface area (Å²) in [6.07, 6.45) is 0.732. The molecule has 2 heterocycles. The maximum atomic E-state index is 12.1. The number of hydrogen-bond donors (Lipinski definition) is 1. The van der Waals surface area contributed by atoms with Crippen molar-refractivity contribution in [2.75, 3.05) is 6.61 Å². The fourth-order valence-electron chi connectivity index (χ4n) is 2.03. The van der Waals surface area contributed by atoms with Crippen molar-refractivity contribution in [3.05, 3.63) is 16.5 Å². The van der Waals surface area contributed by atoms with Gasteiger partial charge in [-0.3, -0.25) is 4.79 Å². The van der Waals surface area contributed by atoms with Crippen LogP contribution in [0.15, 0.2) is 9.59 Å². The van der Waals surface area contributed by atoms with Gasteiger partial charge in [0.2, 0.25) is 0 Å². The SMILES string of the molecule is Cc1c(C(=O)NC2CCOC2C)csc1S(=O)(=O)Cl. The molecule has 8 heteroatoms. The minimum Gasteiger partial charge on any atom is -0.376 e. The molecule has 0 aliphatic carbocycles. The van der Waals surface area contributed by atoms with Crippen LogP contribution in [0.3, 0.4) is 0 Å². The van der Waals surface area contributed by atoms with Crippen LogP contribution < -0.4 is 5.32 Å². The standard InChI is InChI=1S/C11H14ClNO4S2/c1-6-8(5-18-11(6)19(12,15)16)10(14)13-9-3-4-17-7(9)2/h5,7,9H,3-4H2,1-2H3,(H,13,14). The van der Waals surface area contributed by atoms with E-state index in [1.54, 1.807) is 6.92 Å². The third-order valence-corrected chi connectivity index (χ3v) is 6.46. The van der Waals surface area contributed by atoms with Crippen LogP contribution in [-0.4, -0.2) is 33.1 Å². The Kier molecular flexibility index (Phi) is 4.20. The van der Waals surface area contributed by atoms with E-state index in [1.165, 1.54) is 5.38 Å². The van der Waals surface area contributed by atoms with Crippen molar-refractivity contribution in [3.8, 4) is 0 Å². The number of halogens is 1. The molecule has 0 bridgehead atoms. The highest BCUT2D eigenvalue weighted by atomic mass is 35.7. The number of nitrogens with one attached hydrogen (secondary N) is 1. The van der Waals surface area contributed by atoms with Gasteiger partial charge in [0.05, 0.1) is 17.7 Å². The van der Waals surface area contributed by atoms with Gasteiger partial charge in [0.1, 0.15) is 4.21 Å². The fraction of sp³-hybridized carbons (Fsp3) is 0.545. The average Bonchev–Trinajstić information content (AvgIpc) is 2.85. The van der Waals surface area contributed by atoms with E-state index >= 15 is 0 Å². The quantitative estimate of drug-likeness (QED) is 0.862. The van der Waals surface area contributed by atoms with Gasteiger partial charge in [-0.05, 0) is 25.8 Å². The van der Waals surface area contributed by atoms with Crippen LogP contribution in [0.5, 0.6) is 0 Å². The monoisotopic (exact) mass is 323 g/mol. The number of thiophene rings is 1.